The van der Waals surface area contributed by atoms with Crippen LogP contribution in [0, 0.1) is 6.92 Å². The number of nitrogens with zero attached hydrogens (tertiary/aromatic N) is 1. The van der Waals surface area contributed by atoms with Crippen molar-refractivity contribution in [3.8, 4) is 22.6 Å². The average molecular weight is 370 g/mol. The van der Waals surface area contributed by atoms with Gasteiger partial charge in [-0.15, -0.1) is 0 Å². The summed E-state index contributed by atoms with van der Waals surface area (Å²) in [6, 6.07) is 10.3. The quantitative estimate of drug-likeness (QED) is 0.725. The van der Waals surface area contributed by atoms with Crippen LogP contribution in [-0.4, -0.2) is 16.8 Å². The maximum absolute atomic E-state index is 11.9. The molecule has 0 radical (unpaired) electrons. The van der Waals surface area contributed by atoms with Crippen LogP contribution in [0.15, 0.2) is 47.0 Å². The lowest BCUT2D eigenvalue weighted by Crippen LogP contribution is -2.10. The van der Waals surface area contributed by atoms with Crippen molar-refractivity contribution in [3.05, 3.63) is 58.7 Å². The third-order valence-electron chi connectivity index (χ3n) is 3.79. The predicted octanol–water partition coefficient (Wildman–Crippen LogP) is 4.03. The van der Waals surface area contributed by atoms with Crippen LogP contribution in [0.4, 0.5) is 5.82 Å². The van der Waals surface area contributed by atoms with Gasteiger partial charge in [0.15, 0.2) is 0 Å². The van der Waals surface area contributed by atoms with Gasteiger partial charge in [-0.2, -0.15) is 0 Å². The highest BCUT2D eigenvalue weighted by Crippen LogP contribution is 2.37. The zero-order chi connectivity index (χ0) is 18.8. The SMILES string of the molecule is CC(=O)Nc1cc(-c2cc(C(N)=O)c(-c3ccccc3Cl)o2)c(C)cn1. The molecule has 2 heterocycles. The maximum Gasteiger partial charge on any atom is 0.252 e. The average Bonchev–Trinajstić information content (AvgIpc) is 3.01. The van der Waals surface area contributed by atoms with Gasteiger partial charge in [0.2, 0.25) is 5.91 Å². The Morgan fingerprint density at radius 3 is 2.58 bits per heavy atom. The van der Waals surface area contributed by atoms with E-state index in [-0.39, 0.29) is 11.5 Å². The van der Waals surface area contributed by atoms with Crippen LogP contribution < -0.4 is 11.1 Å². The predicted molar refractivity (Wildman–Crippen MR) is 99.9 cm³/mol. The number of benzene rings is 1. The summed E-state index contributed by atoms with van der Waals surface area (Å²) in [4.78, 5) is 27.3. The summed E-state index contributed by atoms with van der Waals surface area (Å²) in [6.45, 7) is 3.25. The fourth-order valence-corrected chi connectivity index (χ4v) is 2.81. The van der Waals surface area contributed by atoms with Gasteiger partial charge in [0.05, 0.1) is 10.6 Å². The molecule has 2 aromatic heterocycles. The summed E-state index contributed by atoms with van der Waals surface area (Å²) in [7, 11) is 0. The molecule has 0 aliphatic carbocycles. The van der Waals surface area contributed by atoms with Crippen LogP contribution in [0.5, 0.6) is 0 Å². The van der Waals surface area contributed by atoms with Crippen molar-refractivity contribution in [1.82, 2.24) is 4.98 Å². The van der Waals surface area contributed by atoms with E-state index < -0.39 is 5.91 Å². The zero-order valence-electron chi connectivity index (χ0n) is 14.2. The number of amides is 2. The molecule has 7 heteroatoms. The summed E-state index contributed by atoms with van der Waals surface area (Å²) in [6.07, 6.45) is 1.61. The number of nitrogens with two attached hydrogens (primary N) is 1. The fourth-order valence-electron chi connectivity index (χ4n) is 2.59. The Balaban J connectivity index is 2.16. The van der Waals surface area contributed by atoms with E-state index in [9.17, 15) is 9.59 Å². The van der Waals surface area contributed by atoms with Crippen LogP contribution >= 0.6 is 11.6 Å². The molecule has 1 aromatic carbocycles. The number of hydrogen-bond acceptors (Lipinski definition) is 4. The van der Waals surface area contributed by atoms with Gasteiger partial charge in [0.1, 0.15) is 17.3 Å². The molecule has 0 bridgehead atoms. The maximum atomic E-state index is 11.9. The van der Waals surface area contributed by atoms with Gasteiger partial charge < -0.3 is 15.5 Å². The molecule has 26 heavy (non-hydrogen) atoms. The minimum atomic E-state index is -0.622. The number of carbonyl (C=O) groups is 2. The number of rotatable bonds is 4. The molecule has 3 rings (SSSR count). The first-order valence-electron chi connectivity index (χ1n) is 7.80. The largest absolute Gasteiger partial charge is 0.455 e. The molecule has 6 nitrogen and oxygen atoms in total. The monoisotopic (exact) mass is 369 g/mol. The molecular weight excluding hydrogens is 354 g/mol. The number of anilines is 1. The summed E-state index contributed by atoms with van der Waals surface area (Å²) < 4.78 is 5.94. The smallest absolute Gasteiger partial charge is 0.252 e. The van der Waals surface area contributed by atoms with E-state index in [0.717, 1.165) is 5.56 Å². The van der Waals surface area contributed by atoms with Gasteiger partial charge >= 0.3 is 0 Å². The second kappa shape index (κ2) is 7.01. The summed E-state index contributed by atoms with van der Waals surface area (Å²) in [5, 5.41) is 3.07. The lowest BCUT2D eigenvalue weighted by molar-refractivity contribution is -0.114. The molecular formula is C19H16ClN3O3. The molecule has 0 aliphatic rings. The normalized spacial score (nSPS) is 10.6. The van der Waals surface area contributed by atoms with Gasteiger partial charge in [-0.3, -0.25) is 9.59 Å². The number of carbonyl (C=O) groups excluding carboxylic acids is 2. The van der Waals surface area contributed by atoms with Crippen LogP contribution in [0.3, 0.4) is 0 Å². The molecule has 0 spiro atoms. The van der Waals surface area contributed by atoms with Crippen molar-refractivity contribution in [2.75, 3.05) is 5.32 Å². The number of halogens is 1. The van der Waals surface area contributed by atoms with E-state index in [1.165, 1.54) is 6.92 Å². The summed E-state index contributed by atoms with van der Waals surface area (Å²) >= 11 is 6.23. The lowest BCUT2D eigenvalue weighted by atomic mass is 10.1. The van der Waals surface area contributed by atoms with Crippen LogP contribution in [0.2, 0.25) is 5.02 Å². The Bertz CT molecular complexity index is 1010. The van der Waals surface area contributed by atoms with E-state index in [4.69, 9.17) is 21.8 Å². The fraction of sp³-hybridized carbons (Fsp3) is 0.105. The standard InChI is InChI=1S/C19H16ClN3O3/c1-10-9-22-17(23-11(2)24)8-13(10)16-7-14(19(21)25)18(26-16)12-5-3-4-6-15(12)20/h3-9H,1-2H3,(H2,21,25)(H,22,23,24). The van der Waals surface area contributed by atoms with E-state index in [0.29, 0.717) is 33.5 Å². The van der Waals surface area contributed by atoms with Crippen LogP contribution in [-0.2, 0) is 4.79 Å². The van der Waals surface area contributed by atoms with Crippen molar-refractivity contribution in [1.29, 1.82) is 0 Å². The molecule has 0 aliphatic heterocycles. The van der Waals surface area contributed by atoms with Crippen molar-refractivity contribution >= 4 is 29.2 Å². The molecule has 3 N–H and O–H groups in total. The number of pyridine rings is 1. The minimum Gasteiger partial charge on any atom is -0.455 e. The Morgan fingerprint density at radius 2 is 1.92 bits per heavy atom. The minimum absolute atomic E-state index is 0.227. The third-order valence-corrected chi connectivity index (χ3v) is 4.12. The van der Waals surface area contributed by atoms with Gasteiger partial charge in [-0.25, -0.2) is 4.98 Å². The second-order valence-corrected chi connectivity index (χ2v) is 6.17. The lowest BCUT2D eigenvalue weighted by Gasteiger charge is -2.06. The Labute approximate surface area is 155 Å². The topological polar surface area (TPSA) is 98.2 Å². The van der Waals surface area contributed by atoms with E-state index in [1.807, 2.05) is 6.92 Å². The number of primary amides is 1. The highest BCUT2D eigenvalue weighted by atomic mass is 35.5. The van der Waals surface area contributed by atoms with Gasteiger partial charge in [-0.05, 0) is 36.8 Å². The van der Waals surface area contributed by atoms with Gasteiger partial charge in [-0.1, -0.05) is 23.7 Å². The Hall–Kier alpha value is -3.12. The first kappa shape index (κ1) is 17.7. The molecule has 0 fully saturated rings. The van der Waals surface area contributed by atoms with Crippen LogP contribution in [0.1, 0.15) is 22.8 Å². The molecule has 0 saturated heterocycles. The number of aromatic nitrogens is 1. The number of furan rings is 1. The number of aryl methyl sites for hydroxylation is 1. The van der Waals surface area contributed by atoms with E-state index in [1.54, 1.807) is 42.6 Å². The van der Waals surface area contributed by atoms with Crippen molar-refractivity contribution < 1.29 is 14.0 Å². The molecule has 132 valence electrons. The first-order valence-corrected chi connectivity index (χ1v) is 8.17. The number of nitrogens with one attached hydrogen (secondary N) is 1. The molecule has 3 aromatic rings. The molecule has 2 amide bonds. The second-order valence-electron chi connectivity index (χ2n) is 5.76. The Morgan fingerprint density at radius 1 is 1.19 bits per heavy atom. The highest BCUT2D eigenvalue weighted by Gasteiger charge is 2.21. The van der Waals surface area contributed by atoms with E-state index >= 15 is 0 Å². The highest BCUT2D eigenvalue weighted by molar-refractivity contribution is 6.33. The van der Waals surface area contributed by atoms with Crippen molar-refractivity contribution in [2.24, 2.45) is 5.73 Å². The van der Waals surface area contributed by atoms with Crippen molar-refractivity contribution in [2.45, 2.75) is 13.8 Å². The Kier molecular flexibility index (Phi) is 4.77. The summed E-state index contributed by atoms with van der Waals surface area (Å²) in [5.41, 5.74) is 7.81. The van der Waals surface area contributed by atoms with Gasteiger partial charge in [0.25, 0.3) is 5.91 Å². The first-order chi connectivity index (χ1) is 12.4. The van der Waals surface area contributed by atoms with Gasteiger partial charge in [0, 0.05) is 24.2 Å². The molecule has 0 saturated carbocycles. The number of hydrogen-bond donors (Lipinski definition) is 2. The van der Waals surface area contributed by atoms with Crippen molar-refractivity contribution in [3.63, 3.8) is 0 Å². The summed E-state index contributed by atoms with van der Waals surface area (Å²) in [5.74, 6) is 0.259. The molecule has 0 unspecified atom stereocenters. The third kappa shape index (κ3) is 3.45. The zero-order valence-corrected chi connectivity index (χ0v) is 14.9. The van der Waals surface area contributed by atoms with E-state index in [2.05, 4.69) is 10.3 Å². The van der Waals surface area contributed by atoms with Crippen LogP contribution in [0.25, 0.3) is 22.6 Å². The molecule has 0 atom stereocenters.